The van der Waals surface area contributed by atoms with Crippen molar-refractivity contribution < 1.29 is 5.11 Å². The molecule has 0 spiro atoms. The van der Waals surface area contributed by atoms with E-state index in [1.54, 1.807) is 29.1 Å². The number of hydrogen-bond acceptors (Lipinski definition) is 2. The number of aromatic nitrogens is 2. The SMILES string of the molecule is Oc1ccc2cnccn12. The molecule has 0 bridgehead atoms. The van der Waals surface area contributed by atoms with E-state index in [4.69, 9.17) is 5.11 Å². The zero-order chi connectivity index (χ0) is 6.97. The van der Waals surface area contributed by atoms with E-state index in [0.717, 1.165) is 5.52 Å². The van der Waals surface area contributed by atoms with E-state index < -0.39 is 0 Å². The van der Waals surface area contributed by atoms with Gasteiger partial charge in [0.1, 0.15) is 0 Å². The molecule has 0 radical (unpaired) electrons. The van der Waals surface area contributed by atoms with Crippen LogP contribution in [0, 0.1) is 0 Å². The first-order chi connectivity index (χ1) is 4.88. The molecule has 0 amide bonds. The molecule has 50 valence electrons. The zero-order valence-electron chi connectivity index (χ0n) is 5.23. The second kappa shape index (κ2) is 1.73. The summed E-state index contributed by atoms with van der Waals surface area (Å²) in [4.78, 5) is 3.89. The molecule has 10 heavy (non-hydrogen) atoms. The topological polar surface area (TPSA) is 37.5 Å². The normalized spacial score (nSPS) is 10.4. The molecule has 0 atom stereocenters. The third-order valence-corrected chi connectivity index (χ3v) is 1.44. The van der Waals surface area contributed by atoms with Crippen LogP contribution in [0.5, 0.6) is 5.88 Å². The molecule has 0 aliphatic rings. The minimum Gasteiger partial charge on any atom is -0.494 e. The molecule has 0 aliphatic carbocycles. The van der Waals surface area contributed by atoms with Gasteiger partial charge in [-0.2, -0.15) is 0 Å². The molecule has 2 aromatic rings. The Hall–Kier alpha value is -1.51. The molecule has 3 nitrogen and oxygen atoms in total. The summed E-state index contributed by atoms with van der Waals surface area (Å²) in [6, 6.07) is 3.44. The molecule has 0 saturated carbocycles. The first-order valence-electron chi connectivity index (χ1n) is 2.98. The highest BCUT2D eigenvalue weighted by Gasteiger charge is 1.94. The van der Waals surface area contributed by atoms with Crippen LogP contribution in [0.25, 0.3) is 5.52 Å². The van der Waals surface area contributed by atoms with Crippen LogP contribution >= 0.6 is 0 Å². The van der Waals surface area contributed by atoms with Crippen LogP contribution in [0.3, 0.4) is 0 Å². The number of aromatic hydroxyl groups is 1. The third kappa shape index (κ3) is 0.572. The minimum atomic E-state index is 0.248. The van der Waals surface area contributed by atoms with Crippen molar-refractivity contribution in [3.05, 3.63) is 30.7 Å². The Kier molecular flexibility index (Phi) is 0.917. The average Bonchev–Trinajstić information content (AvgIpc) is 2.34. The summed E-state index contributed by atoms with van der Waals surface area (Å²) in [5, 5.41) is 9.15. The van der Waals surface area contributed by atoms with Gasteiger partial charge in [0.2, 0.25) is 0 Å². The summed E-state index contributed by atoms with van der Waals surface area (Å²) >= 11 is 0. The van der Waals surface area contributed by atoms with E-state index in [1.807, 2.05) is 6.07 Å². The van der Waals surface area contributed by atoms with Crippen LogP contribution < -0.4 is 0 Å². The van der Waals surface area contributed by atoms with Gasteiger partial charge < -0.3 is 5.11 Å². The van der Waals surface area contributed by atoms with Gasteiger partial charge in [0.15, 0.2) is 5.88 Å². The molecule has 2 aromatic heterocycles. The van der Waals surface area contributed by atoms with Crippen molar-refractivity contribution in [1.29, 1.82) is 0 Å². The monoisotopic (exact) mass is 134 g/mol. The van der Waals surface area contributed by atoms with E-state index in [1.165, 1.54) is 0 Å². The largest absolute Gasteiger partial charge is 0.494 e. The fourth-order valence-electron chi connectivity index (χ4n) is 0.945. The molecule has 0 saturated heterocycles. The van der Waals surface area contributed by atoms with Crippen molar-refractivity contribution in [2.24, 2.45) is 0 Å². The number of fused-ring (bicyclic) bond motifs is 1. The molecule has 0 unspecified atom stereocenters. The molecule has 0 aromatic carbocycles. The quantitative estimate of drug-likeness (QED) is 0.584. The fraction of sp³-hybridized carbons (Fsp3) is 0. The fourth-order valence-corrected chi connectivity index (χ4v) is 0.945. The predicted octanol–water partition coefficient (Wildman–Crippen LogP) is 1.04. The Bertz CT molecular complexity index is 353. The van der Waals surface area contributed by atoms with Crippen molar-refractivity contribution in [2.75, 3.05) is 0 Å². The highest BCUT2D eigenvalue weighted by molar-refractivity contribution is 5.48. The first kappa shape index (κ1) is 5.29. The van der Waals surface area contributed by atoms with Crippen molar-refractivity contribution in [1.82, 2.24) is 9.38 Å². The first-order valence-corrected chi connectivity index (χ1v) is 2.98. The maximum atomic E-state index is 9.15. The second-order valence-electron chi connectivity index (χ2n) is 2.06. The van der Waals surface area contributed by atoms with Gasteiger partial charge in [-0.3, -0.25) is 9.38 Å². The van der Waals surface area contributed by atoms with Gasteiger partial charge in [0.05, 0.1) is 11.7 Å². The molecular weight excluding hydrogens is 128 g/mol. The molecule has 3 heteroatoms. The van der Waals surface area contributed by atoms with E-state index in [0.29, 0.717) is 0 Å². The Morgan fingerprint density at radius 3 is 3.10 bits per heavy atom. The molecule has 0 fully saturated rings. The number of hydrogen-bond donors (Lipinski definition) is 1. The van der Waals surface area contributed by atoms with Gasteiger partial charge in [-0.15, -0.1) is 0 Å². The summed E-state index contributed by atoms with van der Waals surface area (Å²) in [5.74, 6) is 0.248. The Labute approximate surface area is 57.6 Å². The van der Waals surface area contributed by atoms with Crippen molar-refractivity contribution in [3.8, 4) is 5.88 Å². The van der Waals surface area contributed by atoms with Crippen LogP contribution in [0.15, 0.2) is 30.7 Å². The maximum absolute atomic E-state index is 9.15. The molecule has 2 rings (SSSR count). The summed E-state index contributed by atoms with van der Waals surface area (Å²) in [6.07, 6.45) is 5.04. The van der Waals surface area contributed by atoms with Crippen molar-refractivity contribution >= 4 is 5.52 Å². The van der Waals surface area contributed by atoms with Crippen LogP contribution in [-0.2, 0) is 0 Å². The predicted molar refractivity (Wildman–Crippen MR) is 36.9 cm³/mol. The van der Waals surface area contributed by atoms with E-state index in [9.17, 15) is 0 Å². The van der Waals surface area contributed by atoms with Gasteiger partial charge in [0, 0.05) is 18.5 Å². The molecular formula is C7H6N2O. The average molecular weight is 134 g/mol. The lowest BCUT2D eigenvalue weighted by Crippen LogP contribution is -1.81. The smallest absolute Gasteiger partial charge is 0.195 e. The standard InChI is InChI=1S/C7H6N2O/c10-7-2-1-6-5-8-3-4-9(6)7/h1-5,10H. The van der Waals surface area contributed by atoms with E-state index in [2.05, 4.69) is 4.98 Å². The number of nitrogens with zero attached hydrogens (tertiary/aromatic N) is 2. The van der Waals surface area contributed by atoms with Crippen molar-refractivity contribution in [2.45, 2.75) is 0 Å². The lowest BCUT2D eigenvalue weighted by atomic mass is 10.5. The molecule has 0 aliphatic heterocycles. The third-order valence-electron chi connectivity index (χ3n) is 1.44. The minimum absolute atomic E-state index is 0.248. The van der Waals surface area contributed by atoms with Gasteiger partial charge in [-0.25, -0.2) is 0 Å². The number of rotatable bonds is 0. The Morgan fingerprint density at radius 1 is 1.40 bits per heavy atom. The second-order valence-corrected chi connectivity index (χ2v) is 2.06. The van der Waals surface area contributed by atoms with Crippen LogP contribution in [0.4, 0.5) is 0 Å². The molecule has 1 N–H and O–H groups in total. The van der Waals surface area contributed by atoms with Crippen LogP contribution in [-0.4, -0.2) is 14.5 Å². The summed E-state index contributed by atoms with van der Waals surface area (Å²) in [7, 11) is 0. The summed E-state index contributed by atoms with van der Waals surface area (Å²) in [5.41, 5.74) is 0.903. The van der Waals surface area contributed by atoms with Gasteiger partial charge in [-0.05, 0) is 6.07 Å². The maximum Gasteiger partial charge on any atom is 0.195 e. The molecule has 2 heterocycles. The lowest BCUT2D eigenvalue weighted by molar-refractivity contribution is 0.449. The van der Waals surface area contributed by atoms with Crippen molar-refractivity contribution in [3.63, 3.8) is 0 Å². The highest BCUT2D eigenvalue weighted by Crippen LogP contribution is 2.12. The van der Waals surface area contributed by atoms with Gasteiger partial charge in [-0.1, -0.05) is 0 Å². The Morgan fingerprint density at radius 2 is 2.30 bits per heavy atom. The van der Waals surface area contributed by atoms with Crippen LogP contribution in [0.2, 0.25) is 0 Å². The van der Waals surface area contributed by atoms with E-state index in [-0.39, 0.29) is 5.88 Å². The zero-order valence-corrected chi connectivity index (χ0v) is 5.23. The summed E-state index contributed by atoms with van der Waals surface area (Å²) < 4.78 is 1.66. The van der Waals surface area contributed by atoms with Gasteiger partial charge in [0.25, 0.3) is 0 Å². The van der Waals surface area contributed by atoms with E-state index >= 15 is 0 Å². The lowest BCUT2D eigenvalue weighted by Gasteiger charge is -1.92. The highest BCUT2D eigenvalue weighted by atomic mass is 16.3. The van der Waals surface area contributed by atoms with Gasteiger partial charge >= 0.3 is 0 Å². The summed E-state index contributed by atoms with van der Waals surface area (Å²) in [6.45, 7) is 0. The Balaban J connectivity index is 2.93. The van der Waals surface area contributed by atoms with Crippen LogP contribution in [0.1, 0.15) is 0 Å².